The van der Waals surface area contributed by atoms with E-state index in [1.54, 1.807) is 0 Å². The zero-order valence-electron chi connectivity index (χ0n) is 15.9. The van der Waals surface area contributed by atoms with Crippen molar-refractivity contribution < 1.29 is 4.79 Å². The van der Waals surface area contributed by atoms with Crippen LogP contribution in [-0.2, 0) is 18.3 Å². The molecule has 1 heterocycles. The predicted octanol–water partition coefficient (Wildman–Crippen LogP) is 4.29. The number of anilines is 1. The van der Waals surface area contributed by atoms with Gasteiger partial charge in [0.1, 0.15) is 5.82 Å². The maximum absolute atomic E-state index is 12.3. The minimum atomic E-state index is -0.0134. The van der Waals surface area contributed by atoms with Gasteiger partial charge in [-0.05, 0) is 37.0 Å². The lowest BCUT2D eigenvalue weighted by atomic mass is 9.87. The molecule has 1 amide bonds. The Hall–Kier alpha value is -1.82. The molecule has 0 unspecified atom stereocenters. The second kappa shape index (κ2) is 8.71. The molecule has 0 spiro atoms. The van der Waals surface area contributed by atoms with Gasteiger partial charge in [0, 0.05) is 19.2 Å². The Labute approximate surface area is 160 Å². The highest BCUT2D eigenvalue weighted by Gasteiger charge is 2.18. The summed E-state index contributed by atoms with van der Waals surface area (Å²) in [6.07, 6.45) is 7.64. The Morgan fingerprint density at radius 2 is 2.00 bits per heavy atom. The molecule has 0 bridgehead atoms. The molecule has 1 aromatic heterocycles. The summed E-state index contributed by atoms with van der Waals surface area (Å²) in [4.78, 5) is 12.3. The summed E-state index contributed by atoms with van der Waals surface area (Å²) in [6, 6.07) is 5.95. The third-order valence-electron chi connectivity index (χ3n) is 5.33. The van der Waals surface area contributed by atoms with Gasteiger partial charge in [-0.3, -0.25) is 4.79 Å². The lowest BCUT2D eigenvalue weighted by molar-refractivity contribution is -0.113. The fourth-order valence-corrected chi connectivity index (χ4v) is 4.23. The molecular weight excluding hydrogens is 344 g/mol. The number of hydrogen-bond acceptors (Lipinski definition) is 4. The van der Waals surface area contributed by atoms with Gasteiger partial charge in [-0.25, -0.2) is 0 Å². The van der Waals surface area contributed by atoms with E-state index < -0.39 is 0 Å². The van der Waals surface area contributed by atoms with Gasteiger partial charge in [-0.15, -0.1) is 10.2 Å². The standard InChI is InChI=1S/C20H28N4OS/c1-14-8-7-11-17(15(14)2)21-19(25)13-26-20-23-22-18(24(20)3)12-16-9-5-4-6-10-16/h7-8,11,16H,4-6,9-10,12-13H2,1-3H3,(H,21,25). The highest BCUT2D eigenvalue weighted by molar-refractivity contribution is 7.99. The second-order valence-corrected chi connectivity index (χ2v) is 8.19. The maximum Gasteiger partial charge on any atom is 0.234 e. The normalized spacial score (nSPS) is 15.2. The van der Waals surface area contributed by atoms with E-state index in [1.165, 1.54) is 49.4 Å². The van der Waals surface area contributed by atoms with Gasteiger partial charge in [-0.2, -0.15) is 0 Å². The molecule has 1 aliphatic rings. The van der Waals surface area contributed by atoms with E-state index in [2.05, 4.69) is 15.5 Å². The first kappa shape index (κ1) is 19.0. The Morgan fingerprint density at radius 1 is 1.23 bits per heavy atom. The van der Waals surface area contributed by atoms with Gasteiger partial charge >= 0.3 is 0 Å². The molecule has 1 aliphatic carbocycles. The Balaban J connectivity index is 1.54. The van der Waals surface area contributed by atoms with E-state index >= 15 is 0 Å². The van der Waals surface area contributed by atoms with Crippen molar-refractivity contribution in [3.05, 3.63) is 35.2 Å². The van der Waals surface area contributed by atoms with Crippen molar-refractivity contribution in [3.63, 3.8) is 0 Å². The molecule has 5 nitrogen and oxygen atoms in total. The Bertz CT molecular complexity index is 765. The Kier molecular flexibility index (Phi) is 6.35. The highest BCUT2D eigenvalue weighted by atomic mass is 32.2. The summed E-state index contributed by atoms with van der Waals surface area (Å²) < 4.78 is 2.05. The lowest BCUT2D eigenvalue weighted by Crippen LogP contribution is -2.16. The van der Waals surface area contributed by atoms with Crippen molar-refractivity contribution in [1.29, 1.82) is 0 Å². The minimum Gasteiger partial charge on any atom is -0.325 e. The van der Waals surface area contributed by atoms with Crippen molar-refractivity contribution >= 4 is 23.4 Å². The van der Waals surface area contributed by atoms with Crippen LogP contribution in [0, 0.1) is 19.8 Å². The number of nitrogens with zero attached hydrogens (tertiary/aromatic N) is 3. The smallest absolute Gasteiger partial charge is 0.234 e. The summed E-state index contributed by atoms with van der Waals surface area (Å²) >= 11 is 1.44. The molecule has 0 atom stereocenters. The van der Waals surface area contributed by atoms with E-state index in [-0.39, 0.29) is 5.91 Å². The van der Waals surface area contributed by atoms with Crippen LogP contribution < -0.4 is 5.32 Å². The number of rotatable bonds is 6. The summed E-state index contributed by atoms with van der Waals surface area (Å²) in [6.45, 7) is 4.07. The number of aryl methyl sites for hydroxylation is 1. The van der Waals surface area contributed by atoms with E-state index in [0.29, 0.717) is 5.75 Å². The molecule has 2 aromatic rings. The molecule has 26 heavy (non-hydrogen) atoms. The lowest BCUT2D eigenvalue weighted by Gasteiger charge is -2.20. The van der Waals surface area contributed by atoms with Crippen LogP contribution in [0.25, 0.3) is 0 Å². The summed E-state index contributed by atoms with van der Waals surface area (Å²) in [5, 5.41) is 12.5. The second-order valence-electron chi connectivity index (χ2n) is 7.25. The Morgan fingerprint density at radius 3 is 2.77 bits per heavy atom. The van der Waals surface area contributed by atoms with Crippen molar-refractivity contribution in [2.45, 2.75) is 57.5 Å². The number of carbonyl (C=O) groups excluding carboxylic acids is 1. The van der Waals surface area contributed by atoms with Crippen molar-refractivity contribution in [3.8, 4) is 0 Å². The number of nitrogens with one attached hydrogen (secondary N) is 1. The van der Waals surface area contributed by atoms with Crippen molar-refractivity contribution in [1.82, 2.24) is 14.8 Å². The average Bonchev–Trinajstić information content (AvgIpc) is 2.98. The number of carbonyl (C=O) groups is 1. The molecule has 140 valence electrons. The SMILES string of the molecule is Cc1cccc(NC(=O)CSc2nnc(CC3CCCCC3)n2C)c1C. The van der Waals surface area contributed by atoms with Gasteiger partial charge in [0.05, 0.1) is 5.75 Å². The van der Waals surface area contributed by atoms with Gasteiger partial charge in [0.25, 0.3) is 0 Å². The summed E-state index contributed by atoms with van der Waals surface area (Å²) in [7, 11) is 2.00. The molecule has 1 saturated carbocycles. The third-order valence-corrected chi connectivity index (χ3v) is 6.35. The average molecular weight is 373 g/mol. The van der Waals surface area contributed by atoms with Crippen LogP contribution in [0.1, 0.15) is 49.1 Å². The number of amides is 1. The molecule has 1 N–H and O–H groups in total. The molecule has 1 fully saturated rings. The van der Waals surface area contributed by atoms with Gasteiger partial charge in [-0.1, -0.05) is 56.0 Å². The highest BCUT2D eigenvalue weighted by Crippen LogP contribution is 2.27. The molecule has 0 saturated heterocycles. The first-order valence-corrected chi connectivity index (χ1v) is 10.4. The van der Waals surface area contributed by atoms with E-state index in [9.17, 15) is 4.79 Å². The van der Waals surface area contributed by atoms with E-state index in [1.807, 2.05) is 43.7 Å². The van der Waals surface area contributed by atoms with Gasteiger partial charge in [0.2, 0.25) is 5.91 Å². The van der Waals surface area contributed by atoms with E-state index in [4.69, 9.17) is 0 Å². The largest absolute Gasteiger partial charge is 0.325 e. The van der Waals surface area contributed by atoms with Crippen LogP contribution in [0.4, 0.5) is 5.69 Å². The monoisotopic (exact) mass is 372 g/mol. The molecule has 6 heteroatoms. The summed E-state index contributed by atoms with van der Waals surface area (Å²) in [5.74, 6) is 2.09. The maximum atomic E-state index is 12.3. The molecule has 0 aliphatic heterocycles. The molecule has 0 radical (unpaired) electrons. The molecule has 1 aromatic carbocycles. The third kappa shape index (κ3) is 4.67. The number of benzene rings is 1. The van der Waals surface area contributed by atoms with Crippen LogP contribution in [-0.4, -0.2) is 26.4 Å². The van der Waals surface area contributed by atoms with Crippen LogP contribution >= 0.6 is 11.8 Å². The van der Waals surface area contributed by atoms with Crippen LogP contribution in [0.15, 0.2) is 23.4 Å². The summed E-state index contributed by atoms with van der Waals surface area (Å²) in [5.41, 5.74) is 3.17. The van der Waals surface area contributed by atoms with Crippen LogP contribution in [0.3, 0.4) is 0 Å². The fourth-order valence-electron chi connectivity index (χ4n) is 3.50. The fraction of sp³-hybridized carbons (Fsp3) is 0.550. The first-order chi connectivity index (χ1) is 12.5. The van der Waals surface area contributed by atoms with Crippen molar-refractivity contribution in [2.24, 2.45) is 13.0 Å². The van der Waals surface area contributed by atoms with Crippen molar-refractivity contribution in [2.75, 3.05) is 11.1 Å². The van der Waals surface area contributed by atoms with Gasteiger partial charge in [0.15, 0.2) is 5.16 Å². The van der Waals surface area contributed by atoms with Crippen LogP contribution in [0.2, 0.25) is 0 Å². The number of hydrogen-bond donors (Lipinski definition) is 1. The molecule has 3 rings (SSSR count). The first-order valence-electron chi connectivity index (χ1n) is 9.41. The molecular formula is C20H28N4OS. The quantitative estimate of drug-likeness (QED) is 0.769. The van der Waals surface area contributed by atoms with E-state index in [0.717, 1.165) is 34.6 Å². The number of thioether (sulfide) groups is 1. The number of aromatic nitrogens is 3. The van der Waals surface area contributed by atoms with Gasteiger partial charge < -0.3 is 9.88 Å². The van der Waals surface area contributed by atoms with Crippen LogP contribution in [0.5, 0.6) is 0 Å². The topological polar surface area (TPSA) is 59.8 Å². The predicted molar refractivity (Wildman–Crippen MR) is 107 cm³/mol. The zero-order chi connectivity index (χ0) is 18.5. The zero-order valence-corrected chi connectivity index (χ0v) is 16.7. The minimum absolute atomic E-state index is 0.0134.